The molecule has 1 heterocycles. The number of nitrogens with zero attached hydrogens (tertiary/aromatic N) is 1. The smallest absolute Gasteiger partial charge is 0.0462 e. The van der Waals surface area contributed by atoms with E-state index in [1.54, 1.807) is 11.3 Å². The van der Waals surface area contributed by atoms with Gasteiger partial charge in [-0.25, -0.2) is 0 Å². The third-order valence-corrected chi connectivity index (χ3v) is 7.62. The lowest BCUT2D eigenvalue weighted by Gasteiger charge is -2.26. The number of benzene rings is 5. The normalized spacial score (nSPS) is 10.8. The Hall–Kier alpha value is -4.40. The van der Waals surface area contributed by atoms with E-state index < -0.39 is 0 Å². The van der Waals surface area contributed by atoms with Gasteiger partial charge in [-0.05, 0) is 93.0 Å². The lowest BCUT2D eigenvalue weighted by molar-refractivity contribution is 1.28. The monoisotopic (exact) mass is 493 g/mol. The summed E-state index contributed by atoms with van der Waals surface area (Å²) >= 11 is 1.75. The lowest BCUT2D eigenvalue weighted by atomic mass is 10.0. The Labute approximate surface area is 222 Å². The van der Waals surface area contributed by atoms with Gasteiger partial charge in [0.2, 0.25) is 0 Å². The third kappa shape index (κ3) is 4.84. The maximum absolute atomic E-state index is 2.33. The summed E-state index contributed by atoms with van der Waals surface area (Å²) in [6, 6.07) is 47.6. The van der Waals surface area contributed by atoms with E-state index in [1.807, 2.05) is 0 Å². The average Bonchev–Trinajstić information content (AvgIpc) is 3.41. The zero-order chi connectivity index (χ0) is 25.0. The molecule has 6 aromatic rings. The van der Waals surface area contributed by atoms with Crippen LogP contribution >= 0.6 is 11.3 Å². The van der Waals surface area contributed by atoms with Gasteiger partial charge in [0.1, 0.15) is 0 Å². The Morgan fingerprint density at radius 3 is 1.16 bits per heavy atom. The Bertz CT molecular complexity index is 1500. The molecule has 0 saturated heterocycles. The first-order chi connectivity index (χ1) is 18.3. The summed E-state index contributed by atoms with van der Waals surface area (Å²) in [5.41, 5.74) is 12.2. The standard InChI is InChI=1S/C35H27NS/c1-26-24-37-25-35(26)31-16-22-34(23-17-31)36(32-18-12-29(13-19-32)27-8-4-2-5-9-27)33-20-14-30(15-21-33)28-10-6-3-7-11-28/h2-25H,1H3. The average molecular weight is 494 g/mol. The number of aryl methyl sites for hydroxylation is 1. The van der Waals surface area contributed by atoms with E-state index in [-0.39, 0.29) is 0 Å². The highest BCUT2D eigenvalue weighted by atomic mass is 32.1. The molecule has 37 heavy (non-hydrogen) atoms. The van der Waals surface area contributed by atoms with Gasteiger partial charge < -0.3 is 4.90 Å². The summed E-state index contributed by atoms with van der Waals surface area (Å²) in [5.74, 6) is 0. The van der Waals surface area contributed by atoms with Crippen LogP contribution in [0.3, 0.4) is 0 Å². The minimum atomic E-state index is 1.13. The summed E-state index contributed by atoms with van der Waals surface area (Å²) in [5, 5.41) is 4.44. The van der Waals surface area contributed by atoms with Crippen LogP contribution < -0.4 is 4.90 Å². The van der Waals surface area contributed by atoms with Gasteiger partial charge in [0.15, 0.2) is 0 Å². The zero-order valence-corrected chi connectivity index (χ0v) is 21.5. The predicted molar refractivity (Wildman–Crippen MR) is 160 cm³/mol. The van der Waals surface area contributed by atoms with Crippen molar-refractivity contribution >= 4 is 28.4 Å². The van der Waals surface area contributed by atoms with Gasteiger partial charge in [-0.2, -0.15) is 11.3 Å². The third-order valence-electron chi connectivity index (χ3n) is 6.76. The summed E-state index contributed by atoms with van der Waals surface area (Å²) in [6.07, 6.45) is 0. The Kier molecular flexibility index (Phi) is 6.41. The first-order valence-electron chi connectivity index (χ1n) is 12.5. The maximum atomic E-state index is 2.33. The molecule has 0 bridgehead atoms. The summed E-state index contributed by atoms with van der Waals surface area (Å²) in [7, 11) is 0. The number of thiophene rings is 1. The molecule has 5 aromatic carbocycles. The molecule has 0 fully saturated rings. The van der Waals surface area contributed by atoms with Crippen molar-refractivity contribution in [2.75, 3.05) is 4.90 Å². The van der Waals surface area contributed by atoms with E-state index in [1.165, 1.54) is 38.9 Å². The molecule has 0 unspecified atom stereocenters. The molecule has 0 spiro atoms. The molecule has 1 aromatic heterocycles. The molecule has 1 nitrogen and oxygen atoms in total. The maximum Gasteiger partial charge on any atom is 0.0462 e. The quantitative estimate of drug-likeness (QED) is 0.223. The highest BCUT2D eigenvalue weighted by Gasteiger charge is 2.14. The molecule has 0 N–H and O–H groups in total. The van der Waals surface area contributed by atoms with Gasteiger partial charge in [0.05, 0.1) is 0 Å². The summed E-state index contributed by atoms with van der Waals surface area (Å²) in [4.78, 5) is 2.33. The molecular formula is C35H27NS. The SMILES string of the molecule is Cc1cscc1-c1ccc(N(c2ccc(-c3ccccc3)cc2)c2ccc(-c3ccccc3)cc2)cc1. The second kappa shape index (κ2) is 10.3. The largest absolute Gasteiger partial charge is 0.311 e. The minimum Gasteiger partial charge on any atom is -0.311 e. The lowest BCUT2D eigenvalue weighted by Crippen LogP contribution is -2.09. The van der Waals surface area contributed by atoms with Gasteiger partial charge in [0, 0.05) is 17.1 Å². The Balaban J connectivity index is 1.39. The molecule has 0 atom stereocenters. The molecule has 0 aliphatic rings. The van der Waals surface area contributed by atoms with Crippen molar-refractivity contribution in [1.82, 2.24) is 0 Å². The van der Waals surface area contributed by atoms with Crippen molar-refractivity contribution < 1.29 is 0 Å². The van der Waals surface area contributed by atoms with Crippen LogP contribution in [0.1, 0.15) is 5.56 Å². The fourth-order valence-corrected chi connectivity index (χ4v) is 5.62. The zero-order valence-electron chi connectivity index (χ0n) is 20.7. The Morgan fingerprint density at radius 1 is 0.405 bits per heavy atom. The Morgan fingerprint density at radius 2 is 0.784 bits per heavy atom. The fourth-order valence-electron chi connectivity index (χ4n) is 4.76. The molecule has 0 amide bonds. The first-order valence-corrected chi connectivity index (χ1v) is 13.4. The van der Waals surface area contributed by atoms with Crippen LogP contribution in [-0.2, 0) is 0 Å². The molecule has 2 heteroatoms. The molecule has 0 saturated carbocycles. The number of hydrogen-bond acceptors (Lipinski definition) is 2. The van der Waals surface area contributed by atoms with Crippen LogP contribution in [0, 0.1) is 6.92 Å². The highest BCUT2D eigenvalue weighted by Crippen LogP contribution is 2.38. The second-order valence-corrected chi connectivity index (χ2v) is 9.92. The molecule has 0 radical (unpaired) electrons. The second-order valence-electron chi connectivity index (χ2n) is 9.18. The molecule has 178 valence electrons. The van der Waals surface area contributed by atoms with E-state index in [9.17, 15) is 0 Å². The van der Waals surface area contributed by atoms with Gasteiger partial charge in [-0.15, -0.1) is 0 Å². The number of anilines is 3. The fraction of sp³-hybridized carbons (Fsp3) is 0.0286. The van der Waals surface area contributed by atoms with E-state index in [4.69, 9.17) is 0 Å². The van der Waals surface area contributed by atoms with Gasteiger partial charge >= 0.3 is 0 Å². The van der Waals surface area contributed by atoms with Crippen LogP contribution in [0.15, 0.2) is 144 Å². The molecule has 6 rings (SSSR count). The van der Waals surface area contributed by atoms with Gasteiger partial charge in [0.25, 0.3) is 0 Å². The van der Waals surface area contributed by atoms with Crippen LogP contribution in [0.2, 0.25) is 0 Å². The number of rotatable bonds is 6. The molecular weight excluding hydrogens is 466 g/mol. The van der Waals surface area contributed by atoms with Crippen LogP contribution in [0.5, 0.6) is 0 Å². The van der Waals surface area contributed by atoms with Crippen molar-refractivity contribution in [3.8, 4) is 33.4 Å². The van der Waals surface area contributed by atoms with Crippen molar-refractivity contribution in [3.05, 3.63) is 150 Å². The molecule has 0 aliphatic heterocycles. The number of hydrogen-bond donors (Lipinski definition) is 0. The van der Waals surface area contributed by atoms with E-state index in [0.717, 1.165) is 17.1 Å². The first kappa shape index (κ1) is 23.0. The van der Waals surface area contributed by atoms with E-state index >= 15 is 0 Å². The van der Waals surface area contributed by atoms with E-state index in [2.05, 4.69) is 156 Å². The van der Waals surface area contributed by atoms with Crippen LogP contribution in [0.4, 0.5) is 17.1 Å². The van der Waals surface area contributed by atoms with Gasteiger partial charge in [-0.3, -0.25) is 0 Å². The topological polar surface area (TPSA) is 3.24 Å². The summed E-state index contributed by atoms with van der Waals surface area (Å²) in [6.45, 7) is 2.18. The van der Waals surface area contributed by atoms with Crippen molar-refractivity contribution in [1.29, 1.82) is 0 Å². The van der Waals surface area contributed by atoms with Crippen molar-refractivity contribution in [2.45, 2.75) is 6.92 Å². The highest BCUT2D eigenvalue weighted by molar-refractivity contribution is 7.08. The van der Waals surface area contributed by atoms with Crippen molar-refractivity contribution in [2.24, 2.45) is 0 Å². The minimum absolute atomic E-state index is 1.13. The summed E-state index contributed by atoms with van der Waals surface area (Å²) < 4.78 is 0. The van der Waals surface area contributed by atoms with Gasteiger partial charge in [-0.1, -0.05) is 97.1 Å². The van der Waals surface area contributed by atoms with E-state index in [0.29, 0.717) is 0 Å². The molecule has 0 aliphatic carbocycles. The van der Waals surface area contributed by atoms with Crippen molar-refractivity contribution in [3.63, 3.8) is 0 Å². The predicted octanol–water partition coefficient (Wildman–Crippen LogP) is 10.5. The van der Waals surface area contributed by atoms with Crippen LogP contribution in [0.25, 0.3) is 33.4 Å². The van der Waals surface area contributed by atoms with Crippen LogP contribution in [-0.4, -0.2) is 0 Å².